The van der Waals surface area contributed by atoms with Gasteiger partial charge < -0.3 is 11.1 Å². The molecule has 1 aliphatic carbocycles. The fourth-order valence-corrected chi connectivity index (χ4v) is 2.68. The molecule has 3 rings (SSSR count). The molecule has 1 heterocycles. The summed E-state index contributed by atoms with van der Waals surface area (Å²) < 4.78 is 0. The quantitative estimate of drug-likeness (QED) is 0.731. The van der Waals surface area contributed by atoms with Gasteiger partial charge in [0.05, 0.1) is 6.04 Å². The van der Waals surface area contributed by atoms with Crippen LogP contribution in [0.15, 0.2) is 23.1 Å². The zero-order valence-electron chi connectivity index (χ0n) is 10.6. The lowest BCUT2D eigenvalue weighted by atomic mass is 10.1. The van der Waals surface area contributed by atoms with Gasteiger partial charge in [-0.2, -0.15) is 15.0 Å². The van der Waals surface area contributed by atoms with Gasteiger partial charge >= 0.3 is 0 Å². The van der Waals surface area contributed by atoms with Crippen LogP contribution in [0.3, 0.4) is 0 Å². The molecule has 0 radical (unpaired) electrons. The van der Waals surface area contributed by atoms with E-state index in [2.05, 4.69) is 45.0 Å². The summed E-state index contributed by atoms with van der Waals surface area (Å²) >= 11 is 4.39. The standard InChI is InChI=1S/C13H15N5S/c1-7-15-12(14)18-13(16-7)17-11-5-3-8-2-4-9(19)6-10(8)11/h2,4,6,11,19H,3,5H2,1H3,(H3,14,15,16,17,18). The van der Waals surface area contributed by atoms with Crippen molar-refractivity contribution < 1.29 is 0 Å². The molecular weight excluding hydrogens is 258 g/mol. The van der Waals surface area contributed by atoms with E-state index in [0.717, 1.165) is 17.7 Å². The Hall–Kier alpha value is -1.82. The van der Waals surface area contributed by atoms with Gasteiger partial charge in [-0.25, -0.2) is 0 Å². The minimum Gasteiger partial charge on any atom is -0.368 e. The molecule has 3 N–H and O–H groups in total. The highest BCUT2D eigenvalue weighted by Gasteiger charge is 2.23. The van der Waals surface area contributed by atoms with Crippen LogP contribution in [0, 0.1) is 6.92 Å². The first-order valence-electron chi connectivity index (χ1n) is 6.18. The predicted molar refractivity (Wildman–Crippen MR) is 77.4 cm³/mol. The van der Waals surface area contributed by atoms with Crippen LogP contribution >= 0.6 is 12.6 Å². The predicted octanol–water partition coefficient (Wildman–Crippen LogP) is 2.15. The summed E-state index contributed by atoms with van der Waals surface area (Å²) in [4.78, 5) is 13.3. The number of nitrogens with one attached hydrogen (secondary N) is 1. The van der Waals surface area contributed by atoms with E-state index in [1.54, 1.807) is 6.92 Å². The Morgan fingerprint density at radius 1 is 1.32 bits per heavy atom. The summed E-state index contributed by atoms with van der Waals surface area (Å²) in [6.07, 6.45) is 2.08. The van der Waals surface area contributed by atoms with E-state index in [9.17, 15) is 0 Å². The van der Waals surface area contributed by atoms with E-state index in [1.165, 1.54) is 11.1 Å². The highest BCUT2D eigenvalue weighted by atomic mass is 32.1. The molecule has 0 fully saturated rings. The minimum absolute atomic E-state index is 0.211. The van der Waals surface area contributed by atoms with Crippen molar-refractivity contribution in [1.82, 2.24) is 15.0 Å². The second-order valence-corrected chi connectivity index (χ2v) is 5.20. The summed E-state index contributed by atoms with van der Waals surface area (Å²) in [6, 6.07) is 6.46. The summed E-state index contributed by atoms with van der Waals surface area (Å²) in [5, 5.41) is 3.33. The zero-order chi connectivity index (χ0) is 13.4. The summed E-state index contributed by atoms with van der Waals surface area (Å²) in [6.45, 7) is 1.80. The number of benzene rings is 1. The summed E-state index contributed by atoms with van der Waals surface area (Å²) in [5.74, 6) is 1.40. The van der Waals surface area contributed by atoms with Crippen LogP contribution in [0.2, 0.25) is 0 Å². The molecule has 0 bridgehead atoms. The van der Waals surface area contributed by atoms with Crippen LogP contribution < -0.4 is 11.1 Å². The van der Waals surface area contributed by atoms with Crippen molar-refractivity contribution in [2.24, 2.45) is 0 Å². The number of hydrogen-bond donors (Lipinski definition) is 3. The smallest absolute Gasteiger partial charge is 0.228 e. The number of nitrogens with two attached hydrogens (primary N) is 1. The SMILES string of the molecule is Cc1nc(N)nc(NC2CCc3ccc(S)cc32)n1. The summed E-state index contributed by atoms with van der Waals surface area (Å²) in [7, 11) is 0. The first-order chi connectivity index (χ1) is 9.11. The number of nitrogen functional groups attached to an aromatic ring is 1. The second kappa shape index (κ2) is 4.70. The molecule has 6 heteroatoms. The molecule has 2 aromatic rings. The van der Waals surface area contributed by atoms with Gasteiger partial charge in [-0.05, 0) is 43.0 Å². The van der Waals surface area contributed by atoms with E-state index < -0.39 is 0 Å². The van der Waals surface area contributed by atoms with Crippen LogP contribution in [0.1, 0.15) is 29.4 Å². The van der Waals surface area contributed by atoms with E-state index in [-0.39, 0.29) is 12.0 Å². The lowest BCUT2D eigenvalue weighted by molar-refractivity contribution is 0.747. The van der Waals surface area contributed by atoms with E-state index in [1.807, 2.05) is 6.07 Å². The van der Waals surface area contributed by atoms with Crippen molar-refractivity contribution in [3.8, 4) is 0 Å². The van der Waals surface area contributed by atoms with Crippen molar-refractivity contribution in [1.29, 1.82) is 0 Å². The molecule has 1 unspecified atom stereocenters. The molecule has 1 aromatic heterocycles. The molecule has 1 atom stereocenters. The number of anilines is 2. The molecule has 1 aromatic carbocycles. The molecule has 1 aliphatic rings. The number of nitrogens with zero attached hydrogens (tertiary/aromatic N) is 3. The molecule has 0 saturated heterocycles. The van der Waals surface area contributed by atoms with Crippen LogP contribution in [0.25, 0.3) is 0 Å². The van der Waals surface area contributed by atoms with Crippen molar-refractivity contribution in [3.63, 3.8) is 0 Å². The Kier molecular flexibility index (Phi) is 3.02. The highest BCUT2D eigenvalue weighted by Crippen LogP contribution is 2.34. The maximum atomic E-state index is 5.64. The number of aromatic nitrogens is 3. The highest BCUT2D eigenvalue weighted by molar-refractivity contribution is 7.80. The van der Waals surface area contributed by atoms with Gasteiger partial charge in [-0.1, -0.05) is 6.07 Å². The minimum atomic E-state index is 0.211. The first-order valence-corrected chi connectivity index (χ1v) is 6.63. The van der Waals surface area contributed by atoms with Crippen molar-refractivity contribution in [3.05, 3.63) is 35.2 Å². The molecular formula is C13H15N5S. The van der Waals surface area contributed by atoms with E-state index >= 15 is 0 Å². The Bertz CT molecular complexity index is 608. The monoisotopic (exact) mass is 273 g/mol. The third kappa shape index (κ3) is 2.49. The Morgan fingerprint density at radius 3 is 2.95 bits per heavy atom. The summed E-state index contributed by atoms with van der Waals surface area (Å²) in [5.41, 5.74) is 8.26. The topological polar surface area (TPSA) is 76.7 Å². The van der Waals surface area contributed by atoms with Crippen LogP contribution in [0.5, 0.6) is 0 Å². The van der Waals surface area contributed by atoms with Gasteiger partial charge in [0, 0.05) is 4.90 Å². The van der Waals surface area contributed by atoms with Gasteiger partial charge in [0.2, 0.25) is 11.9 Å². The molecule has 19 heavy (non-hydrogen) atoms. The number of hydrogen-bond acceptors (Lipinski definition) is 6. The van der Waals surface area contributed by atoms with Crippen molar-refractivity contribution >= 4 is 24.5 Å². The maximum Gasteiger partial charge on any atom is 0.228 e. The average molecular weight is 273 g/mol. The maximum absolute atomic E-state index is 5.64. The van der Waals surface area contributed by atoms with Crippen LogP contribution in [0.4, 0.5) is 11.9 Å². The van der Waals surface area contributed by atoms with E-state index in [0.29, 0.717) is 11.8 Å². The van der Waals surface area contributed by atoms with Gasteiger partial charge in [0.25, 0.3) is 0 Å². The third-order valence-corrected chi connectivity index (χ3v) is 3.55. The van der Waals surface area contributed by atoms with Gasteiger partial charge in [-0.15, -0.1) is 12.6 Å². The number of fused-ring (bicyclic) bond motifs is 1. The second-order valence-electron chi connectivity index (χ2n) is 4.68. The van der Waals surface area contributed by atoms with E-state index in [4.69, 9.17) is 5.73 Å². The molecule has 0 saturated carbocycles. The normalized spacial score (nSPS) is 17.3. The average Bonchev–Trinajstić information content (AvgIpc) is 2.70. The Labute approximate surface area is 117 Å². The van der Waals surface area contributed by atoms with Crippen molar-refractivity contribution in [2.75, 3.05) is 11.1 Å². The largest absolute Gasteiger partial charge is 0.368 e. The molecule has 0 amide bonds. The third-order valence-electron chi connectivity index (χ3n) is 3.28. The number of aryl methyl sites for hydroxylation is 2. The lowest BCUT2D eigenvalue weighted by Gasteiger charge is -2.14. The van der Waals surface area contributed by atoms with Crippen LogP contribution in [-0.4, -0.2) is 15.0 Å². The van der Waals surface area contributed by atoms with Gasteiger partial charge in [-0.3, -0.25) is 0 Å². The Balaban J connectivity index is 1.88. The fourth-order valence-electron chi connectivity index (χ4n) is 2.46. The van der Waals surface area contributed by atoms with Gasteiger partial charge in [0.1, 0.15) is 5.82 Å². The van der Waals surface area contributed by atoms with Gasteiger partial charge in [0.15, 0.2) is 0 Å². The van der Waals surface area contributed by atoms with Crippen molar-refractivity contribution in [2.45, 2.75) is 30.7 Å². The first kappa shape index (κ1) is 12.2. The Morgan fingerprint density at radius 2 is 2.16 bits per heavy atom. The molecule has 98 valence electrons. The molecule has 0 spiro atoms. The van der Waals surface area contributed by atoms with Crippen LogP contribution in [-0.2, 0) is 6.42 Å². The lowest BCUT2D eigenvalue weighted by Crippen LogP contribution is -2.12. The molecule has 5 nitrogen and oxygen atoms in total. The fraction of sp³-hybridized carbons (Fsp3) is 0.308. The number of thiol groups is 1. The molecule has 0 aliphatic heterocycles. The zero-order valence-corrected chi connectivity index (χ0v) is 11.5. The number of rotatable bonds is 2.